The van der Waals surface area contributed by atoms with Crippen molar-refractivity contribution in [2.75, 3.05) is 13.1 Å². The monoisotopic (exact) mass is 162 g/mol. The van der Waals surface area contributed by atoms with Gasteiger partial charge in [0.05, 0.1) is 13.1 Å². The Hall–Kier alpha value is -1.02. The van der Waals surface area contributed by atoms with E-state index in [9.17, 15) is 0 Å². The molecular formula is C10H12NO. The highest BCUT2D eigenvalue weighted by Crippen LogP contribution is 2.15. The summed E-state index contributed by atoms with van der Waals surface area (Å²) in [5.74, 6) is 0.968. The minimum absolute atomic E-state index is 0.326. The molecule has 12 heavy (non-hydrogen) atoms. The number of hydrogen-bond acceptors (Lipinski definition) is 1. The molecule has 0 bridgehead atoms. The van der Waals surface area contributed by atoms with Crippen LogP contribution in [-0.2, 0) is 0 Å². The largest absolute Gasteiger partial charge is 0.488 e. The fraction of sp³-hybridized carbons (Fsp3) is 0.400. The maximum Gasteiger partial charge on any atom is 0.127 e. The highest BCUT2D eigenvalue weighted by molar-refractivity contribution is 5.27. The van der Waals surface area contributed by atoms with E-state index in [4.69, 9.17) is 4.74 Å². The van der Waals surface area contributed by atoms with E-state index in [1.165, 1.54) is 5.56 Å². The van der Waals surface area contributed by atoms with Crippen LogP contribution in [0.1, 0.15) is 5.56 Å². The third kappa shape index (κ3) is 1.59. The van der Waals surface area contributed by atoms with E-state index in [0.29, 0.717) is 6.10 Å². The number of hydrogen-bond donors (Lipinski definition) is 0. The molecule has 1 aliphatic heterocycles. The fourth-order valence-electron chi connectivity index (χ4n) is 1.19. The van der Waals surface area contributed by atoms with Crippen molar-refractivity contribution in [2.24, 2.45) is 0 Å². The van der Waals surface area contributed by atoms with Crippen LogP contribution in [0.3, 0.4) is 0 Å². The average Bonchev–Trinajstić information content (AvgIpc) is 1.97. The molecule has 1 aromatic rings. The molecule has 0 aliphatic carbocycles. The van der Waals surface area contributed by atoms with Crippen molar-refractivity contribution >= 4 is 0 Å². The van der Waals surface area contributed by atoms with Gasteiger partial charge in [0.1, 0.15) is 11.9 Å². The predicted octanol–water partition coefficient (Wildman–Crippen LogP) is 1.36. The Morgan fingerprint density at radius 2 is 2.25 bits per heavy atom. The molecule has 0 unspecified atom stereocenters. The van der Waals surface area contributed by atoms with Gasteiger partial charge in [-0.3, -0.25) is 0 Å². The smallest absolute Gasteiger partial charge is 0.127 e. The van der Waals surface area contributed by atoms with Gasteiger partial charge in [0.2, 0.25) is 0 Å². The van der Waals surface area contributed by atoms with E-state index in [2.05, 4.69) is 24.4 Å². The van der Waals surface area contributed by atoms with Gasteiger partial charge in [0.15, 0.2) is 0 Å². The Morgan fingerprint density at radius 1 is 1.42 bits per heavy atom. The summed E-state index contributed by atoms with van der Waals surface area (Å²) < 4.78 is 5.64. The molecule has 1 radical (unpaired) electrons. The van der Waals surface area contributed by atoms with Crippen LogP contribution in [-0.4, -0.2) is 19.2 Å². The Morgan fingerprint density at radius 3 is 2.83 bits per heavy atom. The van der Waals surface area contributed by atoms with E-state index >= 15 is 0 Å². The summed E-state index contributed by atoms with van der Waals surface area (Å²) in [4.78, 5) is 0. The van der Waals surface area contributed by atoms with Gasteiger partial charge in [-0.1, -0.05) is 12.1 Å². The van der Waals surface area contributed by atoms with Crippen molar-refractivity contribution < 1.29 is 4.74 Å². The number of rotatable bonds is 2. The van der Waals surface area contributed by atoms with Crippen molar-refractivity contribution in [3.63, 3.8) is 0 Å². The minimum Gasteiger partial charge on any atom is -0.488 e. The molecule has 1 fully saturated rings. The molecular weight excluding hydrogens is 150 g/mol. The molecule has 0 amide bonds. The third-order valence-electron chi connectivity index (χ3n) is 1.96. The Labute approximate surface area is 72.5 Å². The van der Waals surface area contributed by atoms with Gasteiger partial charge in [0, 0.05) is 0 Å². The molecule has 2 rings (SSSR count). The summed E-state index contributed by atoms with van der Waals surface area (Å²) in [5, 5.41) is 4.09. The van der Waals surface area contributed by atoms with Gasteiger partial charge >= 0.3 is 0 Å². The van der Waals surface area contributed by atoms with Gasteiger partial charge in [-0.05, 0) is 24.6 Å². The molecule has 63 valence electrons. The van der Waals surface area contributed by atoms with Crippen LogP contribution >= 0.6 is 0 Å². The van der Waals surface area contributed by atoms with E-state index in [1.807, 2.05) is 12.1 Å². The molecule has 1 saturated heterocycles. The van der Waals surface area contributed by atoms with Gasteiger partial charge in [-0.2, -0.15) is 0 Å². The maximum atomic E-state index is 5.64. The van der Waals surface area contributed by atoms with E-state index < -0.39 is 0 Å². The van der Waals surface area contributed by atoms with Crippen LogP contribution in [0.25, 0.3) is 0 Å². The second-order valence-electron chi connectivity index (χ2n) is 3.15. The molecule has 1 aromatic carbocycles. The van der Waals surface area contributed by atoms with Crippen LogP contribution in [0.4, 0.5) is 0 Å². The summed E-state index contributed by atoms with van der Waals surface area (Å²) in [6, 6.07) is 8.13. The van der Waals surface area contributed by atoms with Crippen molar-refractivity contribution in [1.29, 1.82) is 0 Å². The Bertz CT molecular complexity index is 268. The third-order valence-corrected chi connectivity index (χ3v) is 1.96. The van der Waals surface area contributed by atoms with Crippen molar-refractivity contribution in [1.82, 2.24) is 5.32 Å². The zero-order chi connectivity index (χ0) is 8.39. The van der Waals surface area contributed by atoms with E-state index in [1.54, 1.807) is 0 Å². The van der Waals surface area contributed by atoms with Crippen molar-refractivity contribution in [3.05, 3.63) is 29.8 Å². The van der Waals surface area contributed by atoms with Gasteiger partial charge in [0.25, 0.3) is 0 Å². The highest BCUT2D eigenvalue weighted by atomic mass is 16.5. The molecule has 0 saturated carbocycles. The second-order valence-corrected chi connectivity index (χ2v) is 3.15. The van der Waals surface area contributed by atoms with Crippen LogP contribution in [0, 0.1) is 6.92 Å². The summed E-state index contributed by atoms with van der Waals surface area (Å²) in [6.45, 7) is 3.78. The zero-order valence-electron chi connectivity index (χ0n) is 7.16. The molecule has 1 aliphatic rings. The van der Waals surface area contributed by atoms with Crippen LogP contribution < -0.4 is 10.1 Å². The highest BCUT2D eigenvalue weighted by Gasteiger charge is 2.19. The lowest BCUT2D eigenvalue weighted by Gasteiger charge is -2.26. The topological polar surface area (TPSA) is 23.3 Å². The SMILES string of the molecule is Cc1cccc(OC2C[N]C2)c1. The molecule has 0 aromatic heterocycles. The summed E-state index contributed by atoms with van der Waals surface area (Å²) in [5.41, 5.74) is 1.24. The molecule has 2 nitrogen and oxygen atoms in total. The van der Waals surface area contributed by atoms with Gasteiger partial charge in [-0.15, -0.1) is 0 Å². The second kappa shape index (κ2) is 3.15. The molecule has 0 atom stereocenters. The molecule has 1 heterocycles. The molecule has 0 N–H and O–H groups in total. The number of nitrogens with zero attached hydrogens (tertiary/aromatic N) is 1. The first-order valence-electron chi connectivity index (χ1n) is 4.21. The number of benzene rings is 1. The van der Waals surface area contributed by atoms with Gasteiger partial charge in [-0.25, -0.2) is 5.32 Å². The fourth-order valence-corrected chi connectivity index (χ4v) is 1.19. The predicted molar refractivity (Wildman–Crippen MR) is 47.5 cm³/mol. The first-order valence-corrected chi connectivity index (χ1v) is 4.21. The standard InChI is InChI=1S/C10H12NO/c1-8-3-2-4-9(5-8)12-10-6-11-7-10/h2-5,10H,6-7H2,1H3. The van der Waals surface area contributed by atoms with Crippen LogP contribution in [0.15, 0.2) is 24.3 Å². The normalized spacial score (nSPS) is 17.1. The van der Waals surface area contributed by atoms with Crippen LogP contribution in [0.5, 0.6) is 5.75 Å². The van der Waals surface area contributed by atoms with E-state index in [-0.39, 0.29) is 0 Å². The quantitative estimate of drug-likeness (QED) is 0.644. The molecule has 0 spiro atoms. The van der Waals surface area contributed by atoms with Crippen molar-refractivity contribution in [3.8, 4) is 5.75 Å². The lowest BCUT2D eigenvalue weighted by Crippen LogP contribution is -2.45. The Kier molecular flexibility index (Phi) is 2.00. The summed E-state index contributed by atoms with van der Waals surface area (Å²) in [6.07, 6.45) is 0.326. The first kappa shape index (κ1) is 7.62. The lowest BCUT2D eigenvalue weighted by molar-refractivity contribution is 0.138. The number of ether oxygens (including phenoxy) is 1. The van der Waals surface area contributed by atoms with Crippen LogP contribution in [0.2, 0.25) is 0 Å². The van der Waals surface area contributed by atoms with Gasteiger partial charge < -0.3 is 4.74 Å². The maximum absolute atomic E-state index is 5.64. The van der Waals surface area contributed by atoms with E-state index in [0.717, 1.165) is 18.8 Å². The summed E-state index contributed by atoms with van der Waals surface area (Å²) >= 11 is 0. The minimum atomic E-state index is 0.326. The lowest BCUT2D eigenvalue weighted by atomic mass is 10.2. The Balaban J connectivity index is 2.02. The molecule has 2 heteroatoms. The zero-order valence-corrected chi connectivity index (χ0v) is 7.16. The first-order chi connectivity index (χ1) is 5.84. The average molecular weight is 162 g/mol. The summed E-state index contributed by atoms with van der Waals surface area (Å²) in [7, 11) is 0. The van der Waals surface area contributed by atoms with Crippen molar-refractivity contribution in [2.45, 2.75) is 13.0 Å². The number of aryl methyl sites for hydroxylation is 1.